The van der Waals surface area contributed by atoms with E-state index in [0.29, 0.717) is 17.3 Å². The van der Waals surface area contributed by atoms with Gasteiger partial charge in [0.15, 0.2) is 0 Å². The number of piperidine rings is 1. The lowest BCUT2D eigenvalue weighted by molar-refractivity contribution is -0.123. The van der Waals surface area contributed by atoms with E-state index in [2.05, 4.69) is 15.2 Å². The zero-order valence-corrected chi connectivity index (χ0v) is 16.7. The van der Waals surface area contributed by atoms with Crippen molar-refractivity contribution >= 4 is 40.0 Å². The second-order valence-corrected chi connectivity index (χ2v) is 7.98. The zero-order valence-electron chi connectivity index (χ0n) is 16.0. The Labute approximate surface area is 174 Å². The van der Waals surface area contributed by atoms with E-state index in [9.17, 15) is 9.59 Å². The van der Waals surface area contributed by atoms with E-state index in [1.165, 1.54) is 0 Å². The maximum absolute atomic E-state index is 12.5. The van der Waals surface area contributed by atoms with Gasteiger partial charge in [0.2, 0.25) is 5.91 Å². The van der Waals surface area contributed by atoms with Crippen LogP contribution in [-0.2, 0) is 11.3 Å². The van der Waals surface area contributed by atoms with Crippen molar-refractivity contribution in [3.63, 3.8) is 0 Å². The molecule has 6 nitrogen and oxygen atoms in total. The number of nitrogens with one attached hydrogen (secondary N) is 2. The summed E-state index contributed by atoms with van der Waals surface area (Å²) in [5.74, 6) is -0.481. The quantitative estimate of drug-likeness (QED) is 0.597. The summed E-state index contributed by atoms with van der Waals surface area (Å²) in [4.78, 5) is 29.3. The molecule has 1 atom stereocenters. The largest absolute Gasteiger partial charge is 0.369 e. The molecule has 4 rings (SSSR count). The third kappa shape index (κ3) is 4.60. The first-order valence-electron chi connectivity index (χ1n) is 9.68. The Balaban J connectivity index is 1.38. The van der Waals surface area contributed by atoms with Crippen molar-refractivity contribution in [1.29, 1.82) is 0 Å². The van der Waals surface area contributed by atoms with Gasteiger partial charge in [-0.2, -0.15) is 0 Å². The number of halogens is 1. The molecule has 1 fully saturated rings. The van der Waals surface area contributed by atoms with Crippen molar-refractivity contribution < 1.29 is 9.59 Å². The van der Waals surface area contributed by atoms with Crippen LogP contribution in [0, 0.1) is 5.92 Å². The van der Waals surface area contributed by atoms with E-state index in [4.69, 9.17) is 17.3 Å². The van der Waals surface area contributed by atoms with Crippen LogP contribution >= 0.6 is 11.6 Å². The molecule has 0 radical (unpaired) electrons. The van der Waals surface area contributed by atoms with Crippen LogP contribution in [0.25, 0.3) is 10.9 Å². The Hall–Kier alpha value is -2.83. The van der Waals surface area contributed by atoms with Crippen LogP contribution in [0.4, 0.5) is 5.69 Å². The first kappa shape index (κ1) is 19.5. The standard InChI is InChI=1S/C22H23ClN4O2/c23-17-6-5-15-10-20(26-19(15)11-17)22(29)25-18-7-3-14(4-8-18)12-27-9-1-2-16(13-27)21(24)28/h3-8,10-11,16,26H,1-2,9,12-13H2,(H2,24,28)(H,25,29). The van der Waals surface area contributed by atoms with Gasteiger partial charge in [-0.3, -0.25) is 14.5 Å². The van der Waals surface area contributed by atoms with Gasteiger partial charge in [-0.1, -0.05) is 29.8 Å². The number of hydrogen-bond donors (Lipinski definition) is 3. The molecule has 4 N–H and O–H groups in total. The van der Waals surface area contributed by atoms with Crippen molar-refractivity contribution in [1.82, 2.24) is 9.88 Å². The fraction of sp³-hybridized carbons (Fsp3) is 0.273. The molecule has 7 heteroatoms. The number of anilines is 1. The summed E-state index contributed by atoms with van der Waals surface area (Å²) in [5.41, 5.74) is 8.62. The number of benzene rings is 2. The number of nitrogens with two attached hydrogens (primary N) is 1. The van der Waals surface area contributed by atoms with E-state index in [0.717, 1.165) is 48.1 Å². The van der Waals surface area contributed by atoms with Gasteiger partial charge in [-0.15, -0.1) is 0 Å². The average Bonchev–Trinajstić information content (AvgIpc) is 3.13. The Kier molecular flexibility index (Phi) is 5.56. The van der Waals surface area contributed by atoms with Crippen LogP contribution in [0.2, 0.25) is 5.02 Å². The third-order valence-corrected chi connectivity index (χ3v) is 5.59. The molecule has 3 aromatic rings. The topological polar surface area (TPSA) is 91.2 Å². The maximum atomic E-state index is 12.5. The minimum absolute atomic E-state index is 0.0616. The fourth-order valence-corrected chi connectivity index (χ4v) is 3.98. The van der Waals surface area contributed by atoms with Gasteiger partial charge in [0.25, 0.3) is 5.91 Å². The average molecular weight is 411 g/mol. The number of primary amides is 1. The minimum atomic E-state index is -0.216. The minimum Gasteiger partial charge on any atom is -0.369 e. The second-order valence-electron chi connectivity index (χ2n) is 7.54. The molecule has 1 saturated heterocycles. The number of likely N-dealkylation sites (tertiary alicyclic amines) is 1. The lowest BCUT2D eigenvalue weighted by Crippen LogP contribution is -2.40. The lowest BCUT2D eigenvalue weighted by Gasteiger charge is -2.31. The highest BCUT2D eigenvalue weighted by atomic mass is 35.5. The zero-order chi connectivity index (χ0) is 20.4. The molecule has 150 valence electrons. The number of amides is 2. The molecule has 0 spiro atoms. The van der Waals surface area contributed by atoms with Gasteiger partial charge in [0, 0.05) is 34.7 Å². The highest BCUT2D eigenvalue weighted by molar-refractivity contribution is 6.31. The molecule has 1 unspecified atom stereocenters. The molecule has 1 aromatic heterocycles. The van der Waals surface area contributed by atoms with E-state index >= 15 is 0 Å². The van der Waals surface area contributed by atoms with Crippen LogP contribution in [0.3, 0.4) is 0 Å². The second kappa shape index (κ2) is 8.27. The Morgan fingerprint density at radius 2 is 1.97 bits per heavy atom. The smallest absolute Gasteiger partial charge is 0.272 e. The molecule has 0 aliphatic carbocycles. The van der Waals surface area contributed by atoms with Crippen LogP contribution in [0.5, 0.6) is 0 Å². The predicted molar refractivity (Wildman–Crippen MR) is 115 cm³/mol. The third-order valence-electron chi connectivity index (χ3n) is 5.36. The normalized spacial score (nSPS) is 17.3. The summed E-state index contributed by atoms with van der Waals surface area (Å²) < 4.78 is 0. The number of fused-ring (bicyclic) bond motifs is 1. The van der Waals surface area contributed by atoms with Gasteiger partial charge >= 0.3 is 0 Å². The van der Waals surface area contributed by atoms with Crippen LogP contribution in [0.1, 0.15) is 28.9 Å². The summed E-state index contributed by atoms with van der Waals surface area (Å²) in [6, 6.07) is 15.1. The predicted octanol–water partition coefficient (Wildman–Crippen LogP) is 3.77. The first-order valence-corrected chi connectivity index (χ1v) is 10.1. The number of aromatic amines is 1. The van der Waals surface area contributed by atoms with Crippen LogP contribution in [-0.4, -0.2) is 34.8 Å². The number of carbonyl (C=O) groups excluding carboxylic acids is 2. The molecule has 2 heterocycles. The molecule has 0 saturated carbocycles. The fourth-order valence-electron chi connectivity index (χ4n) is 3.80. The molecule has 0 bridgehead atoms. The monoisotopic (exact) mass is 410 g/mol. The SMILES string of the molecule is NC(=O)C1CCCN(Cc2ccc(NC(=O)c3cc4ccc(Cl)cc4[nH]3)cc2)C1. The van der Waals surface area contributed by atoms with E-state index in [-0.39, 0.29) is 17.7 Å². The molecular formula is C22H23ClN4O2. The number of rotatable bonds is 5. The van der Waals surface area contributed by atoms with Crippen LogP contribution < -0.4 is 11.1 Å². The number of aromatic nitrogens is 1. The molecule has 1 aliphatic rings. The Morgan fingerprint density at radius 1 is 1.17 bits per heavy atom. The van der Waals surface area contributed by atoms with Gasteiger partial charge in [0.05, 0.1) is 5.92 Å². The number of carbonyl (C=O) groups is 2. The highest BCUT2D eigenvalue weighted by Gasteiger charge is 2.23. The van der Waals surface area contributed by atoms with Crippen LogP contribution in [0.15, 0.2) is 48.5 Å². The molecule has 2 amide bonds. The first-order chi connectivity index (χ1) is 14.0. The Bertz CT molecular complexity index is 1040. The Morgan fingerprint density at radius 3 is 2.72 bits per heavy atom. The number of H-pyrrole nitrogens is 1. The number of hydrogen-bond acceptors (Lipinski definition) is 3. The molecule has 1 aliphatic heterocycles. The van der Waals surface area contributed by atoms with Gasteiger partial charge in [0.1, 0.15) is 5.69 Å². The van der Waals surface area contributed by atoms with Gasteiger partial charge < -0.3 is 16.0 Å². The van der Waals surface area contributed by atoms with Crippen molar-refractivity contribution in [2.75, 3.05) is 18.4 Å². The summed E-state index contributed by atoms with van der Waals surface area (Å²) >= 11 is 6.00. The van der Waals surface area contributed by atoms with Crippen molar-refractivity contribution in [2.45, 2.75) is 19.4 Å². The number of nitrogens with zero attached hydrogens (tertiary/aromatic N) is 1. The molecule has 2 aromatic carbocycles. The summed E-state index contributed by atoms with van der Waals surface area (Å²) in [6.07, 6.45) is 1.86. The van der Waals surface area contributed by atoms with E-state index < -0.39 is 0 Å². The molecule has 29 heavy (non-hydrogen) atoms. The van der Waals surface area contributed by atoms with E-state index in [1.807, 2.05) is 30.3 Å². The van der Waals surface area contributed by atoms with Crippen molar-refractivity contribution in [3.8, 4) is 0 Å². The van der Waals surface area contributed by atoms with Crippen molar-refractivity contribution in [3.05, 3.63) is 64.8 Å². The van der Waals surface area contributed by atoms with E-state index in [1.54, 1.807) is 18.2 Å². The summed E-state index contributed by atoms with van der Waals surface area (Å²) in [6.45, 7) is 2.44. The summed E-state index contributed by atoms with van der Waals surface area (Å²) in [7, 11) is 0. The van der Waals surface area contributed by atoms with Gasteiger partial charge in [-0.05, 0) is 55.3 Å². The summed E-state index contributed by atoms with van der Waals surface area (Å²) in [5, 5.41) is 4.47. The maximum Gasteiger partial charge on any atom is 0.272 e. The van der Waals surface area contributed by atoms with Crippen molar-refractivity contribution in [2.24, 2.45) is 11.7 Å². The van der Waals surface area contributed by atoms with Gasteiger partial charge in [-0.25, -0.2) is 0 Å². The molecular weight excluding hydrogens is 388 g/mol. The lowest BCUT2D eigenvalue weighted by atomic mass is 9.97. The highest BCUT2D eigenvalue weighted by Crippen LogP contribution is 2.22.